The minimum Gasteiger partial charge on any atom is -0.484 e. The average Bonchev–Trinajstić information content (AvgIpc) is 3.12. The van der Waals surface area contributed by atoms with E-state index in [1.54, 1.807) is 0 Å². The normalized spacial score (nSPS) is 23.9. The average molecular weight is 484 g/mol. The first-order valence-electron chi connectivity index (χ1n) is 12.9. The molecule has 4 rings (SSSR count). The Hall–Kier alpha value is -2.04. The van der Waals surface area contributed by atoms with Crippen LogP contribution in [0.2, 0.25) is 5.02 Å². The van der Waals surface area contributed by atoms with Gasteiger partial charge in [-0.1, -0.05) is 81.5 Å². The smallest absolute Gasteiger partial charge is 0.258 e. The van der Waals surface area contributed by atoms with E-state index < -0.39 is 0 Å². The van der Waals surface area contributed by atoms with Gasteiger partial charge in [0.2, 0.25) is 0 Å². The Bertz CT molecular complexity index is 921. The van der Waals surface area contributed by atoms with Crippen LogP contribution in [-0.4, -0.2) is 25.2 Å². The molecule has 1 heterocycles. The van der Waals surface area contributed by atoms with Crippen LogP contribution in [0.15, 0.2) is 48.5 Å². The number of nitrogens with one attached hydrogen (secondary N) is 1. The van der Waals surface area contributed by atoms with Gasteiger partial charge in [-0.25, -0.2) is 0 Å². The maximum atomic E-state index is 12.3. The lowest BCUT2D eigenvalue weighted by molar-refractivity contribution is -0.123. The van der Waals surface area contributed by atoms with E-state index in [4.69, 9.17) is 21.1 Å². The molecule has 1 saturated carbocycles. The van der Waals surface area contributed by atoms with Crippen LogP contribution in [-0.2, 0) is 9.53 Å². The molecule has 2 aromatic carbocycles. The number of ether oxygens (including phenoxy) is 2. The maximum Gasteiger partial charge on any atom is 0.258 e. The number of amides is 1. The van der Waals surface area contributed by atoms with Crippen LogP contribution in [0.25, 0.3) is 0 Å². The summed E-state index contributed by atoms with van der Waals surface area (Å²) in [6, 6.07) is 16.5. The monoisotopic (exact) mass is 483 g/mol. The van der Waals surface area contributed by atoms with E-state index in [0.29, 0.717) is 36.2 Å². The van der Waals surface area contributed by atoms with Gasteiger partial charge in [0.25, 0.3) is 5.91 Å². The van der Waals surface area contributed by atoms with Gasteiger partial charge in [-0.15, -0.1) is 0 Å². The predicted molar refractivity (Wildman–Crippen MR) is 137 cm³/mol. The molecule has 1 aliphatic heterocycles. The van der Waals surface area contributed by atoms with Crippen LogP contribution in [0.5, 0.6) is 5.75 Å². The summed E-state index contributed by atoms with van der Waals surface area (Å²) < 4.78 is 12.2. The van der Waals surface area contributed by atoms with Crippen molar-refractivity contribution in [2.24, 2.45) is 11.8 Å². The lowest BCUT2D eigenvalue weighted by Gasteiger charge is -2.39. The van der Waals surface area contributed by atoms with E-state index >= 15 is 0 Å². The van der Waals surface area contributed by atoms with Gasteiger partial charge in [-0.05, 0) is 60.4 Å². The van der Waals surface area contributed by atoms with E-state index in [-0.39, 0.29) is 18.6 Å². The summed E-state index contributed by atoms with van der Waals surface area (Å²) in [5, 5.41) is 3.96. The largest absolute Gasteiger partial charge is 0.484 e. The highest BCUT2D eigenvalue weighted by Gasteiger charge is 2.35. The molecule has 0 radical (unpaired) electrons. The Labute approximate surface area is 209 Å². The molecule has 184 valence electrons. The van der Waals surface area contributed by atoms with Gasteiger partial charge in [-0.2, -0.15) is 0 Å². The summed E-state index contributed by atoms with van der Waals surface area (Å²) in [4.78, 5) is 12.3. The lowest BCUT2D eigenvalue weighted by Crippen LogP contribution is -2.37. The molecule has 0 bridgehead atoms. The molecular weight excluding hydrogens is 446 g/mol. The van der Waals surface area contributed by atoms with Gasteiger partial charge >= 0.3 is 0 Å². The third-order valence-electron chi connectivity index (χ3n) is 7.42. The van der Waals surface area contributed by atoms with Crippen LogP contribution in [0.4, 0.5) is 0 Å². The van der Waals surface area contributed by atoms with Crippen LogP contribution >= 0.6 is 11.6 Å². The fraction of sp³-hybridized carbons (Fsp3) is 0.552. The molecule has 34 heavy (non-hydrogen) atoms. The molecular formula is C29H38ClNO3. The third kappa shape index (κ3) is 6.55. The molecule has 0 spiro atoms. The van der Waals surface area contributed by atoms with Gasteiger partial charge in [0.05, 0.1) is 12.7 Å². The second kappa shape index (κ2) is 12.1. The van der Waals surface area contributed by atoms with E-state index in [2.05, 4.69) is 37.4 Å². The van der Waals surface area contributed by atoms with Crippen molar-refractivity contribution in [3.05, 3.63) is 64.7 Å². The van der Waals surface area contributed by atoms with Crippen LogP contribution < -0.4 is 10.1 Å². The van der Waals surface area contributed by atoms with Crippen LogP contribution in [0, 0.1) is 11.8 Å². The third-order valence-corrected chi connectivity index (χ3v) is 7.77. The van der Waals surface area contributed by atoms with Crippen molar-refractivity contribution in [3.8, 4) is 5.75 Å². The highest BCUT2D eigenvalue weighted by Crippen LogP contribution is 2.44. The number of halogens is 1. The number of rotatable bonds is 7. The van der Waals surface area contributed by atoms with Crippen molar-refractivity contribution in [1.82, 2.24) is 5.32 Å². The molecule has 4 nitrogen and oxygen atoms in total. The highest BCUT2D eigenvalue weighted by atomic mass is 35.5. The second-order valence-corrected chi connectivity index (χ2v) is 10.6. The van der Waals surface area contributed by atoms with E-state index in [1.165, 1.54) is 31.2 Å². The second-order valence-electron chi connectivity index (χ2n) is 10.2. The standard InChI is InChI=1S/C29H38ClNO3/c1-20(2)26-17-22(25-11-7-8-12-27(25)30)18-34-29(26)21-13-15-24(16-14-21)33-19-28(32)31-23-9-5-3-4-6-10-23/h7-8,11-16,20,22-23,26,29H,3-6,9-10,17-19H2,1-2H3,(H,31,32)/t22-,26-,29-/m0/s1. The minimum atomic E-state index is -0.0305. The summed E-state index contributed by atoms with van der Waals surface area (Å²) in [5.41, 5.74) is 2.34. The van der Waals surface area contributed by atoms with Gasteiger partial charge in [0.15, 0.2) is 6.61 Å². The summed E-state index contributed by atoms with van der Waals surface area (Å²) >= 11 is 6.47. The van der Waals surface area contributed by atoms with Gasteiger partial charge in [0, 0.05) is 17.0 Å². The summed E-state index contributed by atoms with van der Waals surface area (Å²) in [6.45, 7) is 5.25. The highest BCUT2D eigenvalue weighted by molar-refractivity contribution is 6.31. The molecule has 2 aromatic rings. The quantitative estimate of drug-likeness (QED) is 0.428. The Morgan fingerprint density at radius 1 is 1.06 bits per heavy atom. The summed E-state index contributed by atoms with van der Waals surface area (Å²) in [5.74, 6) is 1.88. The zero-order chi connectivity index (χ0) is 23.9. The summed E-state index contributed by atoms with van der Waals surface area (Å²) in [7, 11) is 0. The molecule has 1 amide bonds. The molecule has 0 aromatic heterocycles. The number of benzene rings is 2. The molecule has 2 fully saturated rings. The Balaban J connectivity index is 1.33. The van der Waals surface area contributed by atoms with Gasteiger partial charge in [0.1, 0.15) is 5.75 Å². The Morgan fingerprint density at radius 2 is 1.76 bits per heavy atom. The van der Waals surface area contributed by atoms with Crippen molar-refractivity contribution >= 4 is 17.5 Å². The van der Waals surface area contributed by atoms with Crippen molar-refractivity contribution < 1.29 is 14.3 Å². The molecule has 1 saturated heterocycles. The molecule has 3 atom stereocenters. The predicted octanol–water partition coefficient (Wildman–Crippen LogP) is 7.08. The first-order valence-corrected chi connectivity index (χ1v) is 13.3. The zero-order valence-corrected chi connectivity index (χ0v) is 21.2. The van der Waals surface area contributed by atoms with Crippen molar-refractivity contribution in [2.75, 3.05) is 13.2 Å². The SMILES string of the molecule is CC(C)[C@@H]1C[C@H](c2ccccc2Cl)CO[C@H]1c1ccc(OCC(=O)NC2CCCCCC2)cc1. The number of carbonyl (C=O) groups excluding carboxylic acids is 1. The van der Waals surface area contributed by atoms with E-state index in [9.17, 15) is 4.79 Å². The van der Waals surface area contributed by atoms with Crippen LogP contribution in [0.3, 0.4) is 0 Å². The molecule has 1 aliphatic carbocycles. The van der Waals surface area contributed by atoms with Crippen molar-refractivity contribution in [1.29, 1.82) is 0 Å². The topological polar surface area (TPSA) is 47.6 Å². The molecule has 1 N–H and O–H groups in total. The zero-order valence-electron chi connectivity index (χ0n) is 20.5. The lowest BCUT2D eigenvalue weighted by atomic mass is 9.76. The fourth-order valence-corrected chi connectivity index (χ4v) is 5.74. The summed E-state index contributed by atoms with van der Waals surface area (Å²) in [6.07, 6.45) is 8.21. The van der Waals surface area contributed by atoms with Crippen molar-refractivity contribution in [3.63, 3.8) is 0 Å². The molecule has 5 heteroatoms. The molecule has 2 aliphatic rings. The van der Waals surface area contributed by atoms with Gasteiger partial charge < -0.3 is 14.8 Å². The first kappa shape index (κ1) is 25.1. The van der Waals surface area contributed by atoms with Crippen molar-refractivity contribution in [2.45, 2.75) is 76.9 Å². The van der Waals surface area contributed by atoms with E-state index in [1.807, 2.05) is 30.3 Å². The van der Waals surface area contributed by atoms with Crippen LogP contribution in [0.1, 0.15) is 81.9 Å². The fourth-order valence-electron chi connectivity index (χ4n) is 5.45. The van der Waals surface area contributed by atoms with E-state index in [0.717, 1.165) is 29.8 Å². The van der Waals surface area contributed by atoms with Gasteiger partial charge in [-0.3, -0.25) is 4.79 Å². The maximum absolute atomic E-state index is 12.3. The number of hydrogen-bond donors (Lipinski definition) is 1. The minimum absolute atomic E-state index is 0.0305. The Kier molecular flexibility index (Phi) is 8.91. The molecule has 0 unspecified atom stereocenters. The Morgan fingerprint density at radius 3 is 2.44 bits per heavy atom. The first-order chi connectivity index (χ1) is 16.5. The number of hydrogen-bond acceptors (Lipinski definition) is 3. The number of carbonyl (C=O) groups is 1.